The van der Waals surface area contributed by atoms with E-state index < -0.39 is 7.19 Å². The van der Waals surface area contributed by atoms with E-state index in [2.05, 4.69) is 41.6 Å². The average molecular weight is 277 g/mol. The fourth-order valence-corrected chi connectivity index (χ4v) is 6.37. The third kappa shape index (κ3) is 2.60. The molecule has 1 atom stereocenters. The molecule has 2 N–H and O–H groups in total. The monoisotopic (exact) mass is 277 g/mol. The van der Waals surface area contributed by atoms with Gasteiger partial charge in [0, 0.05) is 39.1 Å². The number of hydrogen-bond acceptors (Lipinski definition) is 3. The van der Waals surface area contributed by atoms with E-state index in [4.69, 9.17) is 5.73 Å². The minimum Gasteiger partial charge on any atom is -0.399 e. The highest BCUT2D eigenvalue weighted by molar-refractivity contribution is 7.69. The second kappa shape index (κ2) is 4.66. The van der Waals surface area contributed by atoms with Crippen molar-refractivity contribution in [3.05, 3.63) is 29.3 Å². The molecule has 0 bridgehead atoms. The fraction of sp³-hybridized carbons (Fsp3) is 0.533. The zero-order valence-corrected chi connectivity index (χ0v) is 12.9. The lowest BCUT2D eigenvalue weighted by atomic mass is 10.0. The maximum atomic E-state index is 5.91. The van der Waals surface area contributed by atoms with Crippen molar-refractivity contribution in [3.8, 4) is 0 Å². The molecular weight excluding hydrogens is 253 g/mol. The van der Waals surface area contributed by atoms with Gasteiger partial charge in [0.1, 0.15) is 0 Å². The van der Waals surface area contributed by atoms with Crippen LogP contribution >= 0.6 is 7.19 Å². The van der Waals surface area contributed by atoms with E-state index >= 15 is 0 Å². The van der Waals surface area contributed by atoms with Crippen molar-refractivity contribution in [3.63, 3.8) is 0 Å². The summed E-state index contributed by atoms with van der Waals surface area (Å²) < 4.78 is 5.20. The summed E-state index contributed by atoms with van der Waals surface area (Å²) in [6, 6.07) is 6.47. The third-order valence-corrected chi connectivity index (χ3v) is 8.37. The number of nitrogen functional groups attached to an aromatic ring is 1. The molecule has 1 unspecified atom stereocenters. The Labute approximate surface area is 116 Å². The molecule has 2 heterocycles. The van der Waals surface area contributed by atoms with Crippen LogP contribution in [0, 0.1) is 6.92 Å². The van der Waals surface area contributed by atoms with Crippen LogP contribution in [-0.2, 0) is 0 Å². The summed E-state index contributed by atoms with van der Waals surface area (Å²) in [6.45, 7) is 9.43. The summed E-state index contributed by atoms with van der Waals surface area (Å²) in [4.78, 5) is 0. The maximum Gasteiger partial charge on any atom is 0.0343 e. The Morgan fingerprint density at radius 1 is 1.26 bits per heavy atom. The van der Waals surface area contributed by atoms with Crippen LogP contribution in [0.4, 0.5) is 5.69 Å². The van der Waals surface area contributed by atoms with Crippen LogP contribution in [0.15, 0.2) is 18.2 Å². The minimum absolute atomic E-state index is 0.561. The Balaban J connectivity index is 1.78. The fourth-order valence-electron chi connectivity index (χ4n) is 2.79. The minimum atomic E-state index is -1.25. The van der Waals surface area contributed by atoms with E-state index in [1.807, 2.05) is 6.07 Å². The molecule has 2 aliphatic heterocycles. The summed E-state index contributed by atoms with van der Waals surface area (Å²) in [7, 11) is -1.25. The van der Waals surface area contributed by atoms with Gasteiger partial charge in [0.15, 0.2) is 0 Å². The predicted molar refractivity (Wildman–Crippen MR) is 86.1 cm³/mol. The van der Waals surface area contributed by atoms with Gasteiger partial charge < -0.3 is 5.73 Å². The Kier molecular flexibility index (Phi) is 3.24. The predicted octanol–water partition coefficient (Wildman–Crippen LogP) is 2.59. The molecule has 2 fully saturated rings. The molecule has 104 valence electrons. The van der Waals surface area contributed by atoms with Crippen molar-refractivity contribution in [1.82, 2.24) is 9.34 Å². The molecule has 3 rings (SSSR count). The zero-order chi connectivity index (χ0) is 13.6. The zero-order valence-electron chi connectivity index (χ0n) is 12.0. The van der Waals surface area contributed by atoms with Crippen LogP contribution in [0.25, 0.3) is 0 Å². The number of rotatable bonds is 5. The molecule has 1 aromatic rings. The molecule has 2 saturated heterocycles. The van der Waals surface area contributed by atoms with Gasteiger partial charge in [-0.1, -0.05) is 25.4 Å². The van der Waals surface area contributed by atoms with E-state index in [1.54, 1.807) is 0 Å². The molecule has 19 heavy (non-hydrogen) atoms. The molecule has 0 saturated carbocycles. The first-order chi connectivity index (χ1) is 9.00. The van der Waals surface area contributed by atoms with Crippen LogP contribution in [0.1, 0.15) is 24.0 Å². The quantitative estimate of drug-likeness (QED) is 0.510. The van der Waals surface area contributed by atoms with Gasteiger partial charge in [0.25, 0.3) is 0 Å². The van der Waals surface area contributed by atoms with Gasteiger partial charge in [0.05, 0.1) is 0 Å². The highest BCUT2D eigenvalue weighted by Gasteiger charge is 2.41. The Bertz CT molecular complexity index is 516. The number of nitrogens with two attached hydrogens (primary N) is 1. The van der Waals surface area contributed by atoms with E-state index in [0.717, 1.165) is 5.69 Å². The van der Waals surface area contributed by atoms with Crippen LogP contribution in [0.3, 0.4) is 0 Å². The highest BCUT2D eigenvalue weighted by Crippen LogP contribution is 2.61. The number of anilines is 1. The van der Waals surface area contributed by atoms with Crippen LogP contribution in [0.2, 0.25) is 0 Å². The van der Waals surface area contributed by atoms with Crippen LogP contribution in [0.5, 0.6) is 0 Å². The molecule has 1 aromatic carbocycles. The number of hydrogen-bond donors (Lipinski definition) is 1. The molecule has 0 spiro atoms. The second-order valence-corrected chi connectivity index (χ2v) is 9.24. The first-order valence-electron chi connectivity index (χ1n) is 7.10. The average Bonchev–Trinajstić information content (AvgIpc) is 3.23. The molecule has 0 aromatic heterocycles. The lowest BCUT2D eigenvalue weighted by Crippen LogP contribution is -2.13. The third-order valence-electron chi connectivity index (χ3n) is 4.33. The molecular formula is C15H24N3P. The van der Waals surface area contributed by atoms with Crippen molar-refractivity contribution >= 4 is 19.2 Å². The molecule has 4 heteroatoms. The Hall–Kier alpha value is -0.760. The van der Waals surface area contributed by atoms with E-state index in [1.165, 1.54) is 43.5 Å². The summed E-state index contributed by atoms with van der Waals surface area (Å²) in [5.74, 6) is 0.561. The van der Waals surface area contributed by atoms with Gasteiger partial charge >= 0.3 is 0 Å². The normalized spacial score (nSPS) is 21.4. The van der Waals surface area contributed by atoms with Crippen molar-refractivity contribution in [1.29, 1.82) is 0 Å². The number of benzene rings is 1. The van der Waals surface area contributed by atoms with Crippen LogP contribution < -0.4 is 5.73 Å². The molecule has 0 aliphatic carbocycles. The second-order valence-electron chi connectivity index (χ2n) is 5.99. The lowest BCUT2D eigenvalue weighted by Gasteiger charge is -2.30. The van der Waals surface area contributed by atoms with Crippen molar-refractivity contribution < 1.29 is 0 Å². The van der Waals surface area contributed by atoms with Crippen molar-refractivity contribution in [2.75, 3.05) is 38.1 Å². The van der Waals surface area contributed by atoms with Gasteiger partial charge in [-0.15, -0.1) is 0 Å². The first kappa shape index (κ1) is 13.2. The van der Waals surface area contributed by atoms with Crippen molar-refractivity contribution in [2.45, 2.75) is 19.8 Å². The van der Waals surface area contributed by atoms with Gasteiger partial charge in [0.2, 0.25) is 0 Å². The summed E-state index contributed by atoms with van der Waals surface area (Å²) in [5, 5.41) is 0. The number of nitrogens with zero attached hydrogens (tertiary/aromatic N) is 2. The highest BCUT2D eigenvalue weighted by atomic mass is 31.2. The summed E-state index contributed by atoms with van der Waals surface area (Å²) in [6.07, 6.45) is 5.84. The van der Waals surface area contributed by atoms with Gasteiger partial charge in [-0.25, -0.2) is 0 Å². The van der Waals surface area contributed by atoms with Crippen molar-refractivity contribution in [2.24, 2.45) is 0 Å². The molecule has 3 nitrogen and oxygen atoms in total. The molecule has 2 aliphatic rings. The van der Waals surface area contributed by atoms with E-state index in [9.17, 15) is 0 Å². The summed E-state index contributed by atoms with van der Waals surface area (Å²) in [5.41, 5.74) is 9.40. The summed E-state index contributed by atoms with van der Waals surface area (Å²) >= 11 is 0. The lowest BCUT2D eigenvalue weighted by molar-refractivity contribution is 0.751. The first-order valence-corrected chi connectivity index (χ1v) is 9.16. The van der Waals surface area contributed by atoms with Gasteiger partial charge in [-0.2, -0.15) is 0 Å². The van der Waals surface area contributed by atoms with Crippen LogP contribution in [-0.4, -0.2) is 48.0 Å². The molecule has 0 amide bonds. The van der Waals surface area contributed by atoms with E-state index in [0.29, 0.717) is 5.92 Å². The smallest absolute Gasteiger partial charge is 0.0343 e. The van der Waals surface area contributed by atoms with E-state index in [-0.39, 0.29) is 0 Å². The molecule has 0 radical (unpaired) electrons. The maximum absolute atomic E-state index is 5.91. The van der Waals surface area contributed by atoms with Gasteiger partial charge in [-0.3, -0.25) is 9.34 Å². The Morgan fingerprint density at radius 2 is 1.84 bits per heavy atom. The topological polar surface area (TPSA) is 32.0 Å². The SMILES string of the molecule is C=P(CC(C)c1ccc(N)c(C)c1)(N1CC1)N1CC1. The Morgan fingerprint density at radius 3 is 2.32 bits per heavy atom. The standard InChI is InChI=1S/C15H24N3P/c1-12-10-14(4-5-15(12)16)13(2)11-19(3,17-6-7-17)18-8-9-18/h4-5,10,13H,3,6-9,11,16H2,1-2H3. The number of aryl methyl sites for hydroxylation is 1. The largest absolute Gasteiger partial charge is 0.399 e. The van der Waals surface area contributed by atoms with Gasteiger partial charge in [-0.05, 0) is 36.2 Å².